The quantitative estimate of drug-likeness (QED) is 0.719. The molecule has 0 unspecified atom stereocenters. The van der Waals surface area contributed by atoms with Crippen LogP contribution in [0, 0.1) is 0 Å². The number of nitrogens with one attached hydrogen (secondary N) is 1. The normalized spacial score (nSPS) is 15.6. The van der Waals surface area contributed by atoms with E-state index in [1.54, 1.807) is 0 Å². The molecular formula is C17H11F6N3O3S. The molecule has 0 fully saturated rings. The molecule has 0 radical (unpaired) electrons. The zero-order valence-electron chi connectivity index (χ0n) is 14.6. The van der Waals surface area contributed by atoms with Gasteiger partial charge >= 0.3 is 12.4 Å². The Balaban J connectivity index is 1.86. The second-order valence-electron chi connectivity index (χ2n) is 6.13. The number of rotatable bonds is 3. The summed E-state index contributed by atoms with van der Waals surface area (Å²) >= 11 is 0. The number of sulfonamides is 1. The summed E-state index contributed by atoms with van der Waals surface area (Å²) in [6, 6.07) is 5.58. The molecule has 0 saturated carbocycles. The molecule has 0 bridgehead atoms. The number of hydrogen-bond acceptors (Lipinski definition) is 4. The topological polar surface area (TPSA) is 78.8 Å². The van der Waals surface area contributed by atoms with Crippen molar-refractivity contribution in [3.63, 3.8) is 0 Å². The van der Waals surface area contributed by atoms with Gasteiger partial charge in [0.1, 0.15) is 17.8 Å². The van der Waals surface area contributed by atoms with Gasteiger partial charge in [-0.15, -0.1) is 4.40 Å². The first-order valence-corrected chi connectivity index (χ1v) is 9.47. The van der Waals surface area contributed by atoms with Crippen molar-refractivity contribution in [3.05, 3.63) is 53.6 Å². The van der Waals surface area contributed by atoms with Crippen LogP contribution in [0.2, 0.25) is 0 Å². The first-order valence-electron chi connectivity index (χ1n) is 8.03. The molecule has 160 valence electrons. The van der Waals surface area contributed by atoms with E-state index in [9.17, 15) is 39.6 Å². The number of benzene rings is 2. The zero-order valence-corrected chi connectivity index (χ0v) is 15.4. The molecule has 1 heterocycles. The molecular weight excluding hydrogens is 440 g/mol. The Hall–Kier alpha value is -3.09. The highest BCUT2D eigenvalue weighted by molar-refractivity contribution is 7.90. The number of amides is 1. The fourth-order valence-corrected chi connectivity index (χ4v) is 3.66. The van der Waals surface area contributed by atoms with Crippen LogP contribution in [0.1, 0.15) is 11.1 Å². The molecule has 1 aliphatic rings. The smallest absolute Gasteiger partial charge is 0.325 e. The molecule has 0 spiro atoms. The summed E-state index contributed by atoms with van der Waals surface area (Å²) < 4.78 is 104. The second kappa shape index (κ2) is 7.31. The molecule has 0 atom stereocenters. The molecule has 2 aromatic carbocycles. The molecule has 0 aromatic heterocycles. The summed E-state index contributed by atoms with van der Waals surface area (Å²) in [7, 11) is -4.25. The Kier molecular flexibility index (Phi) is 5.26. The van der Waals surface area contributed by atoms with E-state index in [0.717, 1.165) is 23.1 Å². The van der Waals surface area contributed by atoms with Gasteiger partial charge in [-0.1, -0.05) is 6.07 Å². The average Bonchev–Trinajstić information content (AvgIpc) is 2.62. The number of fused-ring (bicyclic) bond motifs is 1. The fourth-order valence-electron chi connectivity index (χ4n) is 2.63. The van der Waals surface area contributed by atoms with Crippen LogP contribution in [-0.2, 0) is 27.2 Å². The van der Waals surface area contributed by atoms with E-state index in [4.69, 9.17) is 0 Å². The Morgan fingerprint density at radius 3 is 2.23 bits per heavy atom. The van der Waals surface area contributed by atoms with Crippen molar-refractivity contribution >= 4 is 33.6 Å². The third-order valence-corrected chi connectivity index (χ3v) is 5.26. The number of nitrogens with zero attached hydrogens (tertiary/aromatic N) is 2. The summed E-state index contributed by atoms with van der Waals surface area (Å²) in [6.07, 6.45) is -8.73. The molecule has 6 nitrogen and oxygen atoms in total. The lowest BCUT2D eigenvalue weighted by molar-refractivity contribution is -0.138. The van der Waals surface area contributed by atoms with Crippen LogP contribution in [-0.4, -0.2) is 27.2 Å². The van der Waals surface area contributed by atoms with Gasteiger partial charge in [0, 0.05) is 5.69 Å². The van der Waals surface area contributed by atoms with Gasteiger partial charge in [0.05, 0.1) is 16.8 Å². The maximum Gasteiger partial charge on any atom is 0.416 e. The fraction of sp³-hybridized carbons (Fsp3) is 0.176. The van der Waals surface area contributed by atoms with Gasteiger partial charge in [0.2, 0.25) is 5.91 Å². The van der Waals surface area contributed by atoms with Crippen molar-refractivity contribution in [2.45, 2.75) is 17.2 Å². The summed E-state index contributed by atoms with van der Waals surface area (Å²) in [4.78, 5) is 12.5. The molecule has 1 N–H and O–H groups in total. The van der Waals surface area contributed by atoms with E-state index in [-0.39, 0.29) is 5.69 Å². The molecule has 30 heavy (non-hydrogen) atoms. The minimum Gasteiger partial charge on any atom is -0.325 e. The Labute approximate surface area is 165 Å². The zero-order chi connectivity index (χ0) is 22.3. The second-order valence-corrected chi connectivity index (χ2v) is 7.73. The number of hydrogen-bond donors (Lipinski definition) is 1. The number of carbonyl (C=O) groups excluding carboxylic acids is 1. The summed E-state index contributed by atoms with van der Waals surface area (Å²) in [5, 5.41) is 2.18. The summed E-state index contributed by atoms with van der Waals surface area (Å²) in [6.45, 7) is -0.691. The number of halogens is 6. The van der Waals surface area contributed by atoms with E-state index in [1.807, 2.05) is 0 Å². The largest absolute Gasteiger partial charge is 0.416 e. The molecule has 2 aromatic rings. The lowest BCUT2D eigenvalue weighted by Crippen LogP contribution is -2.35. The molecule has 0 saturated heterocycles. The lowest BCUT2D eigenvalue weighted by Gasteiger charge is -2.25. The standard InChI is InChI=1S/C17H11F6N3O3S/c18-16(19,20)10-2-1-3-12(6-10)25-15(27)8-26-9-24-30(28,29)14-5-4-11(7-13(14)26)17(21,22)23/h1-7,9H,8H2,(H,25,27). The van der Waals surface area contributed by atoms with Gasteiger partial charge in [0.25, 0.3) is 10.0 Å². The molecule has 1 amide bonds. The summed E-state index contributed by atoms with van der Waals surface area (Å²) in [5.41, 5.74) is -2.78. The van der Waals surface area contributed by atoms with Crippen LogP contribution in [0.4, 0.5) is 37.7 Å². The van der Waals surface area contributed by atoms with Crippen molar-refractivity contribution in [2.75, 3.05) is 16.8 Å². The predicted octanol–water partition coefficient (Wildman–Crippen LogP) is 3.90. The highest BCUT2D eigenvalue weighted by Gasteiger charge is 2.35. The predicted molar refractivity (Wildman–Crippen MR) is 94.5 cm³/mol. The highest BCUT2D eigenvalue weighted by Crippen LogP contribution is 2.37. The molecule has 13 heteroatoms. The first-order chi connectivity index (χ1) is 13.8. The summed E-state index contributed by atoms with van der Waals surface area (Å²) in [5.74, 6) is -0.900. The minimum atomic E-state index is -4.76. The number of anilines is 2. The van der Waals surface area contributed by atoms with Gasteiger partial charge in [-0.2, -0.15) is 34.8 Å². The van der Waals surface area contributed by atoms with Gasteiger partial charge in [-0.05, 0) is 36.4 Å². The maximum absolute atomic E-state index is 13.0. The molecule has 1 aliphatic heterocycles. The van der Waals surface area contributed by atoms with Crippen molar-refractivity contribution in [2.24, 2.45) is 4.40 Å². The third kappa shape index (κ3) is 4.56. The average molecular weight is 451 g/mol. The monoisotopic (exact) mass is 451 g/mol. The van der Waals surface area contributed by atoms with Gasteiger partial charge in [0.15, 0.2) is 0 Å². The van der Waals surface area contributed by atoms with Crippen LogP contribution in [0.5, 0.6) is 0 Å². The van der Waals surface area contributed by atoms with Crippen molar-refractivity contribution in [1.82, 2.24) is 0 Å². The van der Waals surface area contributed by atoms with Gasteiger partial charge in [-0.3, -0.25) is 4.79 Å². The van der Waals surface area contributed by atoms with Gasteiger partial charge in [-0.25, -0.2) is 0 Å². The SMILES string of the molecule is O=C(CN1C=NS(=O)(=O)c2ccc(C(F)(F)F)cc21)Nc1cccc(C(F)(F)F)c1. The minimum absolute atomic E-state index is 0.194. The van der Waals surface area contributed by atoms with E-state index >= 15 is 0 Å². The van der Waals surface area contributed by atoms with Crippen LogP contribution in [0.25, 0.3) is 0 Å². The van der Waals surface area contributed by atoms with Crippen LogP contribution in [0.3, 0.4) is 0 Å². The molecule has 3 rings (SSSR count). The van der Waals surface area contributed by atoms with Crippen LogP contribution >= 0.6 is 0 Å². The maximum atomic E-state index is 13.0. The van der Waals surface area contributed by atoms with Crippen LogP contribution in [0.15, 0.2) is 51.8 Å². The van der Waals surface area contributed by atoms with E-state index in [0.29, 0.717) is 24.5 Å². The van der Waals surface area contributed by atoms with Crippen LogP contribution < -0.4 is 10.2 Å². The van der Waals surface area contributed by atoms with E-state index in [1.165, 1.54) is 6.07 Å². The van der Waals surface area contributed by atoms with Crippen molar-refractivity contribution in [1.29, 1.82) is 0 Å². The number of alkyl halides is 6. The molecule has 0 aliphatic carbocycles. The first kappa shape index (κ1) is 21.6. The Morgan fingerprint density at radius 2 is 1.60 bits per heavy atom. The van der Waals surface area contributed by atoms with Crippen molar-refractivity contribution < 1.29 is 39.6 Å². The Bertz CT molecular complexity index is 1130. The number of carbonyl (C=O) groups is 1. The lowest BCUT2D eigenvalue weighted by atomic mass is 10.1. The van der Waals surface area contributed by atoms with Gasteiger partial charge < -0.3 is 10.2 Å². The highest BCUT2D eigenvalue weighted by atomic mass is 32.2. The van der Waals surface area contributed by atoms with E-state index < -0.39 is 56.5 Å². The Morgan fingerprint density at radius 1 is 0.967 bits per heavy atom. The third-order valence-electron chi connectivity index (χ3n) is 3.99. The van der Waals surface area contributed by atoms with E-state index in [2.05, 4.69) is 9.71 Å². The van der Waals surface area contributed by atoms with Crippen molar-refractivity contribution in [3.8, 4) is 0 Å².